The van der Waals surface area contributed by atoms with E-state index in [0.717, 1.165) is 44.7 Å². The topological polar surface area (TPSA) is 78.7 Å². The summed E-state index contributed by atoms with van der Waals surface area (Å²) in [6, 6.07) is 0.0469. The number of nitrogens with one attached hydrogen (secondary N) is 1. The van der Waals surface area contributed by atoms with E-state index in [0.29, 0.717) is 31.6 Å². The molecule has 1 unspecified atom stereocenters. The molecule has 3 fully saturated rings. The normalized spacial score (nSPS) is 26.2. The highest BCUT2D eigenvalue weighted by Gasteiger charge is 2.43. The zero-order valence-electron chi connectivity index (χ0n) is 18.6. The van der Waals surface area contributed by atoms with Gasteiger partial charge in [0.25, 0.3) is 0 Å². The zero-order chi connectivity index (χ0) is 20.8. The van der Waals surface area contributed by atoms with Crippen LogP contribution in [0, 0.1) is 17.8 Å². The summed E-state index contributed by atoms with van der Waals surface area (Å²) < 4.78 is 0. The zero-order valence-corrected chi connectivity index (χ0v) is 18.6. The minimum Gasteiger partial charge on any atom is -0.353 e. The van der Waals surface area contributed by atoms with Gasteiger partial charge in [-0.25, -0.2) is 0 Å². The molecular formula is C23H42N4O2. The Bertz CT molecular complexity index is 543. The molecule has 2 aliphatic carbocycles. The van der Waals surface area contributed by atoms with E-state index in [1.165, 1.54) is 32.1 Å². The van der Waals surface area contributed by atoms with E-state index in [1.54, 1.807) is 0 Å². The number of carbonyl (C=O) groups excluding carboxylic acids is 2. The molecule has 166 valence electrons. The van der Waals surface area contributed by atoms with Gasteiger partial charge >= 0.3 is 0 Å². The molecule has 0 spiro atoms. The molecule has 0 radical (unpaired) electrons. The first kappa shape index (κ1) is 22.5. The molecule has 0 aromatic rings. The highest BCUT2D eigenvalue weighted by atomic mass is 16.2. The number of amides is 2. The van der Waals surface area contributed by atoms with Gasteiger partial charge in [-0.3, -0.25) is 14.5 Å². The minimum absolute atomic E-state index is 0.0173. The third-order valence-electron chi connectivity index (χ3n) is 6.86. The fourth-order valence-electron chi connectivity index (χ4n) is 5.21. The highest BCUT2D eigenvalue weighted by Crippen LogP contribution is 2.35. The number of carbonyl (C=O) groups is 2. The highest BCUT2D eigenvalue weighted by molar-refractivity contribution is 5.89. The largest absolute Gasteiger partial charge is 0.353 e. The van der Waals surface area contributed by atoms with Gasteiger partial charge in [-0.1, -0.05) is 33.1 Å². The summed E-state index contributed by atoms with van der Waals surface area (Å²) in [5.41, 5.74) is 5.59. The van der Waals surface area contributed by atoms with Gasteiger partial charge in [-0.05, 0) is 50.4 Å². The Balaban J connectivity index is 1.69. The number of hydrogen-bond donors (Lipinski definition) is 2. The van der Waals surface area contributed by atoms with Gasteiger partial charge in [0.05, 0.1) is 0 Å². The van der Waals surface area contributed by atoms with Crippen molar-refractivity contribution in [3.05, 3.63) is 0 Å². The molecule has 1 saturated heterocycles. The lowest BCUT2D eigenvalue weighted by molar-refractivity contribution is -0.144. The van der Waals surface area contributed by atoms with Crippen molar-refractivity contribution in [1.29, 1.82) is 0 Å². The maximum Gasteiger partial charge on any atom is 0.242 e. The van der Waals surface area contributed by atoms with Crippen LogP contribution < -0.4 is 11.1 Å². The number of nitrogens with two attached hydrogens (primary N) is 1. The van der Waals surface area contributed by atoms with Crippen LogP contribution in [0.25, 0.3) is 0 Å². The SMILES string of the molecule is CC(C)CN(CC1CCCCC1)C1CCN(C(=O)C2CC2)[C@@H](C(=O)NCCN)C1. The average molecular weight is 407 g/mol. The van der Waals surface area contributed by atoms with Crippen LogP contribution in [0.3, 0.4) is 0 Å². The van der Waals surface area contributed by atoms with Gasteiger partial charge in [-0.15, -0.1) is 0 Å². The third kappa shape index (κ3) is 6.42. The summed E-state index contributed by atoms with van der Waals surface area (Å²) in [5.74, 6) is 1.73. The summed E-state index contributed by atoms with van der Waals surface area (Å²) in [6.07, 6.45) is 10.5. The second kappa shape index (κ2) is 10.8. The summed E-state index contributed by atoms with van der Waals surface area (Å²) in [6.45, 7) is 8.41. The van der Waals surface area contributed by atoms with Crippen LogP contribution in [0.4, 0.5) is 0 Å². The molecule has 6 nitrogen and oxygen atoms in total. The van der Waals surface area contributed by atoms with Crippen LogP contribution in [0.1, 0.15) is 71.6 Å². The van der Waals surface area contributed by atoms with E-state index in [4.69, 9.17) is 5.73 Å². The quantitative estimate of drug-likeness (QED) is 0.616. The number of hydrogen-bond acceptors (Lipinski definition) is 4. The smallest absolute Gasteiger partial charge is 0.242 e. The minimum atomic E-state index is -0.339. The Kier molecular flexibility index (Phi) is 8.36. The Morgan fingerprint density at radius 3 is 2.45 bits per heavy atom. The Labute approximate surface area is 176 Å². The fourth-order valence-corrected chi connectivity index (χ4v) is 5.21. The molecule has 2 amide bonds. The standard InChI is InChI=1S/C23H42N4O2/c1-17(2)15-26(16-18-6-4-3-5-7-18)20-10-13-27(23(29)19-8-9-19)21(14-20)22(28)25-12-11-24/h17-21H,3-16,24H2,1-2H3,(H,25,28)/t20?,21-/m1/s1. The molecule has 1 heterocycles. The molecule has 29 heavy (non-hydrogen) atoms. The fraction of sp³-hybridized carbons (Fsp3) is 0.913. The Hall–Kier alpha value is -1.14. The Morgan fingerprint density at radius 1 is 1.10 bits per heavy atom. The Morgan fingerprint density at radius 2 is 1.83 bits per heavy atom. The van der Waals surface area contributed by atoms with E-state index < -0.39 is 0 Å². The van der Waals surface area contributed by atoms with Gasteiger partial charge < -0.3 is 16.0 Å². The van der Waals surface area contributed by atoms with Crippen molar-refractivity contribution in [2.75, 3.05) is 32.7 Å². The first-order valence-electron chi connectivity index (χ1n) is 12.0. The molecule has 0 aromatic heterocycles. The van der Waals surface area contributed by atoms with Crippen molar-refractivity contribution < 1.29 is 9.59 Å². The van der Waals surface area contributed by atoms with Crippen LogP contribution in [0.2, 0.25) is 0 Å². The molecular weight excluding hydrogens is 364 g/mol. The van der Waals surface area contributed by atoms with Crippen molar-refractivity contribution in [1.82, 2.24) is 15.1 Å². The number of rotatable bonds is 9. The van der Waals surface area contributed by atoms with Crippen LogP contribution in [0.5, 0.6) is 0 Å². The van der Waals surface area contributed by atoms with Crippen LogP contribution in [-0.2, 0) is 9.59 Å². The second-order valence-electron chi connectivity index (χ2n) is 9.93. The summed E-state index contributed by atoms with van der Waals surface area (Å²) in [5, 5.41) is 2.95. The van der Waals surface area contributed by atoms with E-state index in [9.17, 15) is 9.59 Å². The number of nitrogens with zero attached hydrogens (tertiary/aromatic N) is 2. The van der Waals surface area contributed by atoms with Crippen LogP contribution >= 0.6 is 0 Å². The first-order chi connectivity index (χ1) is 14.0. The third-order valence-corrected chi connectivity index (χ3v) is 6.86. The van der Waals surface area contributed by atoms with Gasteiger partial charge in [0, 0.05) is 44.7 Å². The molecule has 3 aliphatic rings. The lowest BCUT2D eigenvalue weighted by atomic mass is 9.87. The second-order valence-corrected chi connectivity index (χ2v) is 9.93. The van der Waals surface area contributed by atoms with E-state index in [2.05, 4.69) is 24.1 Å². The summed E-state index contributed by atoms with van der Waals surface area (Å²) in [7, 11) is 0. The van der Waals surface area contributed by atoms with Gasteiger partial charge in [0.2, 0.25) is 11.8 Å². The van der Waals surface area contributed by atoms with Crippen molar-refractivity contribution in [3.8, 4) is 0 Å². The van der Waals surface area contributed by atoms with E-state index in [1.807, 2.05) is 4.90 Å². The van der Waals surface area contributed by atoms with Gasteiger partial charge in [-0.2, -0.15) is 0 Å². The lowest BCUT2D eigenvalue weighted by Gasteiger charge is -2.44. The van der Waals surface area contributed by atoms with Crippen molar-refractivity contribution in [3.63, 3.8) is 0 Å². The van der Waals surface area contributed by atoms with E-state index in [-0.39, 0.29) is 23.8 Å². The van der Waals surface area contributed by atoms with Crippen LogP contribution in [-0.4, -0.2) is 66.4 Å². The molecule has 2 atom stereocenters. The maximum atomic E-state index is 12.9. The molecule has 6 heteroatoms. The average Bonchev–Trinajstić information content (AvgIpc) is 3.56. The van der Waals surface area contributed by atoms with Gasteiger partial charge in [0.15, 0.2) is 0 Å². The predicted octanol–water partition coefficient (Wildman–Crippen LogP) is 2.37. The monoisotopic (exact) mass is 406 g/mol. The molecule has 3 rings (SSSR count). The van der Waals surface area contributed by atoms with Crippen molar-refractivity contribution in [2.45, 2.75) is 83.7 Å². The predicted molar refractivity (Wildman–Crippen MR) is 116 cm³/mol. The first-order valence-corrected chi connectivity index (χ1v) is 12.0. The van der Waals surface area contributed by atoms with Crippen molar-refractivity contribution in [2.24, 2.45) is 23.5 Å². The summed E-state index contributed by atoms with van der Waals surface area (Å²) >= 11 is 0. The molecule has 3 N–H and O–H groups in total. The molecule has 0 bridgehead atoms. The van der Waals surface area contributed by atoms with E-state index >= 15 is 0 Å². The molecule has 0 aromatic carbocycles. The van der Waals surface area contributed by atoms with Crippen molar-refractivity contribution >= 4 is 11.8 Å². The number of piperidine rings is 1. The molecule has 1 aliphatic heterocycles. The lowest BCUT2D eigenvalue weighted by Crippen LogP contribution is -2.58. The molecule has 2 saturated carbocycles. The number of likely N-dealkylation sites (tertiary alicyclic amines) is 1. The maximum absolute atomic E-state index is 12.9. The summed E-state index contributed by atoms with van der Waals surface area (Å²) in [4.78, 5) is 30.3. The van der Waals surface area contributed by atoms with Gasteiger partial charge in [0.1, 0.15) is 6.04 Å². The van der Waals surface area contributed by atoms with Crippen LogP contribution in [0.15, 0.2) is 0 Å².